The fourth-order valence-electron chi connectivity index (χ4n) is 0.983. The summed E-state index contributed by atoms with van der Waals surface area (Å²) in [7, 11) is -10.0. The second-order valence-corrected chi connectivity index (χ2v) is 5.58. The van der Waals surface area contributed by atoms with Crippen molar-refractivity contribution in [1.82, 2.24) is 0 Å². The maximum absolute atomic E-state index is 10.6. The SMILES string of the molecule is O=S(O)Oc1ccc(OS(=O)(=O)O)c(OS(=O)(=O)O)c1. The van der Waals surface area contributed by atoms with Crippen LogP contribution in [0.15, 0.2) is 18.2 Å². The van der Waals surface area contributed by atoms with E-state index in [0.29, 0.717) is 6.07 Å². The van der Waals surface area contributed by atoms with Gasteiger partial charge in [-0.3, -0.25) is 13.7 Å². The minimum atomic E-state index is -5.05. The van der Waals surface area contributed by atoms with Crippen LogP contribution in [0.1, 0.15) is 0 Å². The fraction of sp³-hybridized carbons (Fsp3) is 0. The van der Waals surface area contributed by atoms with E-state index in [4.69, 9.17) is 13.7 Å². The first kappa shape index (κ1) is 16.6. The highest BCUT2D eigenvalue weighted by atomic mass is 32.3. The third kappa shape index (κ3) is 6.13. The van der Waals surface area contributed by atoms with Gasteiger partial charge in [-0.05, 0) is 12.1 Å². The molecule has 0 saturated heterocycles. The van der Waals surface area contributed by atoms with Crippen LogP contribution in [-0.4, -0.2) is 34.7 Å². The molecule has 1 aromatic rings. The Bertz CT molecular complexity index is 719. The van der Waals surface area contributed by atoms with Crippen molar-refractivity contribution in [2.75, 3.05) is 0 Å². The minimum absolute atomic E-state index is 0.410. The van der Waals surface area contributed by atoms with Crippen molar-refractivity contribution in [3.8, 4) is 17.2 Å². The third-order valence-corrected chi connectivity index (χ3v) is 2.59. The van der Waals surface area contributed by atoms with Crippen LogP contribution < -0.4 is 12.5 Å². The van der Waals surface area contributed by atoms with E-state index in [1.807, 2.05) is 0 Å². The second-order valence-electron chi connectivity index (χ2n) is 2.93. The van der Waals surface area contributed by atoms with Gasteiger partial charge in [-0.2, -0.15) is 21.0 Å². The summed E-state index contributed by atoms with van der Waals surface area (Å²) in [4.78, 5) is 0. The molecule has 1 rings (SSSR count). The maximum Gasteiger partial charge on any atom is 0.446 e. The van der Waals surface area contributed by atoms with Gasteiger partial charge in [0.2, 0.25) is 0 Å². The van der Waals surface area contributed by atoms with Crippen molar-refractivity contribution in [2.45, 2.75) is 0 Å². The predicted molar refractivity (Wildman–Crippen MR) is 62.2 cm³/mol. The summed E-state index contributed by atoms with van der Waals surface area (Å²) < 4.78 is 90.2. The van der Waals surface area contributed by atoms with Crippen molar-refractivity contribution < 1.29 is 47.3 Å². The number of hydrogen-bond acceptors (Lipinski definition) is 8. The molecule has 0 aliphatic rings. The molecule has 0 saturated carbocycles. The monoisotopic (exact) mass is 350 g/mol. The Morgan fingerprint density at radius 1 is 0.950 bits per heavy atom. The first-order valence-corrected chi connectivity index (χ1v) is 7.99. The number of hydrogen-bond donors (Lipinski definition) is 3. The summed E-state index contributed by atoms with van der Waals surface area (Å²) in [6, 6.07) is 2.28. The van der Waals surface area contributed by atoms with Crippen LogP contribution in [0.3, 0.4) is 0 Å². The molecule has 0 spiro atoms. The van der Waals surface area contributed by atoms with Crippen LogP contribution in [-0.2, 0) is 32.2 Å². The van der Waals surface area contributed by atoms with Crippen LogP contribution in [0.4, 0.5) is 0 Å². The first-order chi connectivity index (χ1) is 8.96. The van der Waals surface area contributed by atoms with Crippen molar-refractivity contribution in [3.05, 3.63) is 18.2 Å². The van der Waals surface area contributed by atoms with E-state index in [9.17, 15) is 21.0 Å². The van der Waals surface area contributed by atoms with Gasteiger partial charge in [-0.1, -0.05) is 0 Å². The highest BCUT2D eigenvalue weighted by Crippen LogP contribution is 2.33. The van der Waals surface area contributed by atoms with Crippen LogP contribution in [0.2, 0.25) is 0 Å². The average Bonchev–Trinajstić information content (AvgIpc) is 2.16. The Kier molecular flexibility index (Phi) is 4.90. The van der Waals surface area contributed by atoms with Gasteiger partial charge < -0.3 is 12.5 Å². The molecule has 11 nitrogen and oxygen atoms in total. The molecule has 114 valence electrons. The van der Waals surface area contributed by atoms with Gasteiger partial charge in [0.25, 0.3) is 0 Å². The van der Waals surface area contributed by atoms with Crippen molar-refractivity contribution in [1.29, 1.82) is 0 Å². The minimum Gasteiger partial charge on any atom is -0.380 e. The van der Waals surface area contributed by atoms with Gasteiger partial charge in [0, 0.05) is 6.07 Å². The molecular formula is C6H6O11S3. The Balaban J connectivity index is 3.26. The summed E-state index contributed by atoms with van der Waals surface area (Å²) >= 11 is -2.75. The first-order valence-electron chi connectivity index (χ1n) is 4.23. The maximum atomic E-state index is 10.6. The molecule has 0 heterocycles. The molecule has 0 aliphatic heterocycles. The largest absolute Gasteiger partial charge is 0.446 e. The van der Waals surface area contributed by atoms with E-state index >= 15 is 0 Å². The van der Waals surface area contributed by atoms with Gasteiger partial charge in [0.05, 0.1) is 0 Å². The van der Waals surface area contributed by atoms with Crippen LogP contribution in [0, 0.1) is 0 Å². The van der Waals surface area contributed by atoms with Crippen molar-refractivity contribution >= 4 is 32.2 Å². The summed E-state index contributed by atoms with van der Waals surface area (Å²) in [5.74, 6) is -2.14. The molecule has 20 heavy (non-hydrogen) atoms. The molecule has 3 N–H and O–H groups in total. The van der Waals surface area contributed by atoms with Gasteiger partial charge in [-0.25, -0.2) is 0 Å². The summed E-state index contributed by atoms with van der Waals surface area (Å²) in [6.45, 7) is 0. The lowest BCUT2D eigenvalue weighted by atomic mass is 10.3. The molecule has 0 bridgehead atoms. The molecule has 0 amide bonds. The Hall–Kier alpha value is -1.45. The lowest BCUT2D eigenvalue weighted by Gasteiger charge is -2.09. The topological polar surface area (TPSA) is 174 Å². The number of rotatable bonds is 6. The third-order valence-electron chi connectivity index (χ3n) is 1.47. The summed E-state index contributed by atoms with van der Waals surface area (Å²) in [6.07, 6.45) is 0. The fourth-order valence-corrected chi connectivity index (χ4v) is 1.97. The highest BCUT2D eigenvalue weighted by Gasteiger charge is 2.19. The van der Waals surface area contributed by atoms with Crippen LogP contribution >= 0.6 is 0 Å². The normalized spacial score (nSPS) is 13.6. The smallest absolute Gasteiger partial charge is 0.380 e. The highest BCUT2D eigenvalue weighted by molar-refractivity contribution is 7.81. The molecule has 0 aromatic heterocycles. The molecule has 0 fully saturated rings. The van der Waals surface area contributed by atoms with Crippen LogP contribution in [0.25, 0.3) is 0 Å². The second kappa shape index (κ2) is 5.90. The molecule has 0 aliphatic carbocycles. The van der Waals surface area contributed by atoms with Crippen molar-refractivity contribution in [3.63, 3.8) is 0 Å². The number of benzene rings is 1. The van der Waals surface area contributed by atoms with E-state index in [1.54, 1.807) is 0 Å². The standard InChI is InChI=1S/C6H6O11S3/c7-18(8)15-4-1-2-5(16-19(9,10)11)6(3-4)17-20(12,13)14/h1-3H,(H,7,8)(H,9,10,11)(H,12,13,14). The average molecular weight is 350 g/mol. The molecule has 14 heteroatoms. The van der Waals surface area contributed by atoms with E-state index in [2.05, 4.69) is 12.5 Å². The molecule has 1 atom stereocenters. The van der Waals surface area contributed by atoms with E-state index in [1.165, 1.54) is 0 Å². The Morgan fingerprint density at radius 2 is 1.45 bits per heavy atom. The lowest BCUT2D eigenvalue weighted by molar-refractivity contribution is 0.360. The van der Waals surface area contributed by atoms with Gasteiger partial charge in [0.1, 0.15) is 5.75 Å². The summed E-state index contributed by atoms with van der Waals surface area (Å²) in [5.41, 5.74) is 0. The zero-order chi connectivity index (χ0) is 15.6. The van der Waals surface area contributed by atoms with Crippen LogP contribution in [0.5, 0.6) is 17.2 Å². The van der Waals surface area contributed by atoms with Gasteiger partial charge in [0.15, 0.2) is 11.5 Å². The zero-order valence-corrected chi connectivity index (χ0v) is 11.5. The van der Waals surface area contributed by atoms with E-state index in [0.717, 1.165) is 12.1 Å². The quantitative estimate of drug-likeness (QED) is 0.448. The predicted octanol–water partition coefficient (Wildman–Crippen LogP) is -0.435. The molecule has 1 aromatic carbocycles. The lowest BCUT2D eigenvalue weighted by Crippen LogP contribution is -2.11. The molecule has 1 unspecified atom stereocenters. The van der Waals surface area contributed by atoms with E-state index < -0.39 is 49.4 Å². The summed E-state index contributed by atoms with van der Waals surface area (Å²) in [5, 5.41) is 0. The molecular weight excluding hydrogens is 344 g/mol. The Labute approximate surface area is 115 Å². The zero-order valence-electron chi connectivity index (χ0n) is 9.06. The van der Waals surface area contributed by atoms with Gasteiger partial charge >= 0.3 is 32.2 Å². The van der Waals surface area contributed by atoms with E-state index in [-0.39, 0.29) is 0 Å². The Morgan fingerprint density at radius 3 is 1.90 bits per heavy atom. The van der Waals surface area contributed by atoms with Crippen molar-refractivity contribution in [2.24, 2.45) is 0 Å². The molecule has 0 radical (unpaired) electrons. The van der Waals surface area contributed by atoms with Gasteiger partial charge in [-0.15, -0.1) is 0 Å².